The Morgan fingerprint density at radius 2 is 1.78 bits per heavy atom. The maximum absolute atomic E-state index is 12.7. The molecular weight excluding hydrogens is 470 g/mol. The molecule has 3 aromatic rings. The van der Waals surface area contributed by atoms with Crippen molar-refractivity contribution in [1.29, 1.82) is 0 Å². The molecule has 1 aliphatic heterocycles. The topological polar surface area (TPSA) is 137 Å². The Bertz CT molecular complexity index is 1370. The number of hydrogen-bond acceptors (Lipinski definition) is 7. The van der Waals surface area contributed by atoms with Crippen LogP contribution in [0.3, 0.4) is 0 Å². The maximum Gasteiger partial charge on any atom is 0.288 e. The summed E-state index contributed by atoms with van der Waals surface area (Å²) in [5.74, 6) is -0.536. The van der Waals surface area contributed by atoms with Gasteiger partial charge in [0.2, 0.25) is 0 Å². The van der Waals surface area contributed by atoms with E-state index >= 15 is 0 Å². The van der Waals surface area contributed by atoms with E-state index in [2.05, 4.69) is 36.7 Å². The standard InChI is InChI=1S/C27H27N7O3/c1-17-9-10-22(29-16-17)26(36)34-32-25(35)20-13-18(2)12-19(14-20)15-21-6-5-7-23(30-21)27(37)33-31-24-8-3-4-11-28-24/h3-8,10-14,16-17H,9,15H2,1-2H3,(H,28,31)(H,32,35)(H,33,37)(H,34,36). The Kier molecular flexibility index (Phi) is 7.99. The molecule has 2 aromatic heterocycles. The van der Waals surface area contributed by atoms with E-state index in [0.717, 1.165) is 17.5 Å². The highest BCUT2D eigenvalue weighted by Crippen LogP contribution is 2.15. The first-order valence-corrected chi connectivity index (χ1v) is 11.8. The number of allylic oxidation sites excluding steroid dienone is 1. The summed E-state index contributed by atoms with van der Waals surface area (Å²) in [4.78, 5) is 50.1. The van der Waals surface area contributed by atoms with Gasteiger partial charge in [0.25, 0.3) is 17.7 Å². The number of hydrazine groups is 2. The summed E-state index contributed by atoms with van der Waals surface area (Å²) < 4.78 is 0. The Hall–Kier alpha value is -4.86. The molecule has 0 bridgehead atoms. The lowest BCUT2D eigenvalue weighted by atomic mass is 10.0. The zero-order valence-electron chi connectivity index (χ0n) is 20.5. The number of carbonyl (C=O) groups excluding carboxylic acids is 3. The first-order valence-electron chi connectivity index (χ1n) is 11.8. The van der Waals surface area contributed by atoms with Crippen molar-refractivity contribution in [3.63, 3.8) is 0 Å². The summed E-state index contributed by atoms with van der Waals surface area (Å²) in [5.41, 5.74) is 13.4. The van der Waals surface area contributed by atoms with Crippen molar-refractivity contribution in [1.82, 2.24) is 26.2 Å². The van der Waals surface area contributed by atoms with Gasteiger partial charge in [0.05, 0.1) is 0 Å². The zero-order valence-corrected chi connectivity index (χ0v) is 20.5. The molecule has 37 heavy (non-hydrogen) atoms. The van der Waals surface area contributed by atoms with Crippen molar-refractivity contribution in [2.24, 2.45) is 10.9 Å². The van der Waals surface area contributed by atoms with E-state index in [0.29, 0.717) is 23.5 Å². The van der Waals surface area contributed by atoms with Gasteiger partial charge in [0.15, 0.2) is 0 Å². The lowest BCUT2D eigenvalue weighted by Gasteiger charge is -2.12. The maximum atomic E-state index is 12.7. The fourth-order valence-corrected chi connectivity index (χ4v) is 3.65. The highest BCUT2D eigenvalue weighted by atomic mass is 16.2. The van der Waals surface area contributed by atoms with Crippen LogP contribution in [0.4, 0.5) is 5.82 Å². The van der Waals surface area contributed by atoms with E-state index in [1.54, 1.807) is 61.0 Å². The van der Waals surface area contributed by atoms with Crippen molar-refractivity contribution >= 4 is 29.8 Å². The summed E-state index contributed by atoms with van der Waals surface area (Å²) in [5, 5.41) is 0. The average Bonchev–Trinajstić information content (AvgIpc) is 2.91. The molecule has 188 valence electrons. The van der Waals surface area contributed by atoms with Crippen LogP contribution in [0.5, 0.6) is 0 Å². The molecule has 1 atom stereocenters. The van der Waals surface area contributed by atoms with Crippen LogP contribution in [0.1, 0.15) is 51.0 Å². The number of nitrogens with one attached hydrogen (secondary N) is 4. The van der Waals surface area contributed by atoms with E-state index in [1.807, 2.05) is 26.0 Å². The SMILES string of the molecule is Cc1cc(Cc2cccc(C(=O)NNc3ccccn3)n2)cc(C(=O)NNC(=O)C2=CCC(C)C=N2)c1. The molecule has 1 unspecified atom stereocenters. The van der Waals surface area contributed by atoms with Gasteiger partial charge in [-0.25, -0.2) is 9.97 Å². The number of rotatable bonds is 7. The molecule has 0 aliphatic carbocycles. The van der Waals surface area contributed by atoms with Crippen LogP contribution < -0.4 is 21.7 Å². The smallest absolute Gasteiger partial charge is 0.282 e. The van der Waals surface area contributed by atoms with E-state index in [-0.39, 0.29) is 17.3 Å². The highest BCUT2D eigenvalue weighted by Gasteiger charge is 2.15. The summed E-state index contributed by atoms with van der Waals surface area (Å²) in [6.07, 6.45) is 6.20. The van der Waals surface area contributed by atoms with Gasteiger partial charge in [-0.05, 0) is 61.2 Å². The molecule has 10 heteroatoms. The third-order valence-electron chi connectivity index (χ3n) is 5.47. The number of carbonyl (C=O) groups is 3. The van der Waals surface area contributed by atoms with Gasteiger partial charge >= 0.3 is 0 Å². The number of amides is 3. The number of benzene rings is 1. The highest BCUT2D eigenvalue weighted by molar-refractivity contribution is 5.99. The minimum Gasteiger partial charge on any atom is -0.282 e. The first kappa shape index (κ1) is 25.2. The lowest BCUT2D eigenvalue weighted by molar-refractivity contribution is -0.118. The predicted octanol–water partition coefficient (Wildman–Crippen LogP) is 2.89. The van der Waals surface area contributed by atoms with Gasteiger partial charge in [-0.3, -0.25) is 41.1 Å². The molecule has 0 saturated carbocycles. The van der Waals surface area contributed by atoms with E-state index in [9.17, 15) is 14.4 Å². The number of nitrogens with zero attached hydrogens (tertiary/aromatic N) is 3. The van der Waals surface area contributed by atoms with Gasteiger partial charge in [-0.2, -0.15) is 0 Å². The molecule has 0 radical (unpaired) electrons. The summed E-state index contributed by atoms with van der Waals surface area (Å²) in [7, 11) is 0. The normalized spacial score (nSPS) is 14.3. The fraction of sp³-hybridized carbons (Fsp3) is 0.185. The number of aryl methyl sites for hydroxylation is 1. The average molecular weight is 498 g/mol. The van der Waals surface area contributed by atoms with Crippen LogP contribution in [-0.2, 0) is 11.2 Å². The van der Waals surface area contributed by atoms with Crippen LogP contribution in [0.25, 0.3) is 0 Å². The van der Waals surface area contributed by atoms with Crippen molar-refractivity contribution in [3.8, 4) is 0 Å². The van der Waals surface area contributed by atoms with Crippen molar-refractivity contribution in [3.05, 3.63) is 101 Å². The quantitative estimate of drug-likeness (QED) is 0.371. The Balaban J connectivity index is 1.38. The third-order valence-corrected chi connectivity index (χ3v) is 5.47. The van der Waals surface area contributed by atoms with Gasteiger partial charge in [-0.1, -0.05) is 36.8 Å². The Labute approximate surface area is 214 Å². The monoisotopic (exact) mass is 497 g/mol. The largest absolute Gasteiger partial charge is 0.288 e. The molecule has 0 fully saturated rings. The van der Waals surface area contributed by atoms with Crippen molar-refractivity contribution in [2.75, 3.05) is 5.43 Å². The molecule has 10 nitrogen and oxygen atoms in total. The summed E-state index contributed by atoms with van der Waals surface area (Å²) in [6, 6.07) is 15.9. The van der Waals surface area contributed by atoms with Crippen LogP contribution in [0.15, 0.2) is 77.6 Å². The summed E-state index contributed by atoms with van der Waals surface area (Å²) in [6.45, 7) is 3.88. The van der Waals surface area contributed by atoms with Crippen molar-refractivity contribution in [2.45, 2.75) is 26.7 Å². The lowest BCUT2D eigenvalue weighted by Crippen LogP contribution is -2.42. The van der Waals surface area contributed by atoms with E-state index in [1.165, 1.54) is 0 Å². The molecule has 0 spiro atoms. The Morgan fingerprint density at radius 1 is 0.946 bits per heavy atom. The molecule has 0 saturated heterocycles. The second-order valence-corrected chi connectivity index (χ2v) is 8.68. The third kappa shape index (κ3) is 7.07. The molecule has 4 rings (SSSR count). The number of aromatic nitrogens is 2. The second-order valence-electron chi connectivity index (χ2n) is 8.68. The van der Waals surface area contributed by atoms with E-state index in [4.69, 9.17) is 0 Å². The molecule has 4 N–H and O–H groups in total. The molecular formula is C27H27N7O3. The first-order chi connectivity index (χ1) is 17.9. The van der Waals surface area contributed by atoms with Crippen LogP contribution in [-0.4, -0.2) is 33.9 Å². The molecule has 1 aliphatic rings. The number of hydrogen-bond donors (Lipinski definition) is 4. The minimum absolute atomic E-state index is 0.239. The van der Waals surface area contributed by atoms with Gasteiger partial charge in [0.1, 0.15) is 17.2 Å². The van der Waals surface area contributed by atoms with Gasteiger partial charge < -0.3 is 0 Å². The van der Waals surface area contributed by atoms with Crippen molar-refractivity contribution < 1.29 is 14.4 Å². The summed E-state index contributed by atoms with van der Waals surface area (Å²) >= 11 is 0. The Morgan fingerprint density at radius 3 is 2.54 bits per heavy atom. The van der Waals surface area contributed by atoms with Crippen LogP contribution >= 0.6 is 0 Å². The minimum atomic E-state index is -0.471. The predicted molar refractivity (Wildman–Crippen MR) is 140 cm³/mol. The van der Waals surface area contributed by atoms with Crippen LogP contribution in [0.2, 0.25) is 0 Å². The zero-order chi connectivity index (χ0) is 26.2. The van der Waals surface area contributed by atoms with Gasteiger partial charge in [-0.15, -0.1) is 0 Å². The number of anilines is 1. The van der Waals surface area contributed by atoms with Crippen LogP contribution in [0, 0.1) is 12.8 Å². The molecule has 1 aromatic carbocycles. The fourth-order valence-electron chi connectivity index (χ4n) is 3.65. The van der Waals surface area contributed by atoms with E-state index < -0.39 is 17.7 Å². The number of pyridine rings is 2. The van der Waals surface area contributed by atoms with Gasteiger partial charge in [0, 0.05) is 30.1 Å². The second kappa shape index (κ2) is 11.7. The molecule has 3 amide bonds. The number of aliphatic imine (C=N–C) groups is 1. The molecule has 3 heterocycles.